The molecule has 0 bridgehead atoms. The van der Waals surface area contributed by atoms with Gasteiger partial charge in [0, 0.05) is 17.5 Å². The summed E-state index contributed by atoms with van der Waals surface area (Å²) in [4.78, 5) is 24.7. The third-order valence-electron chi connectivity index (χ3n) is 5.00. The molecule has 1 aliphatic rings. The molecule has 27 heavy (non-hydrogen) atoms. The number of carbonyl (C=O) groups is 2. The summed E-state index contributed by atoms with van der Waals surface area (Å²) in [5, 5.41) is 5.25. The minimum Gasteiger partial charge on any atom is -0.326 e. The number of carbonyl (C=O) groups excluding carboxylic acids is 2. The predicted molar refractivity (Wildman–Crippen MR) is 100 cm³/mol. The third kappa shape index (κ3) is 4.70. The first kappa shape index (κ1) is 19.0. The molecule has 2 aromatic carbocycles. The number of para-hydroxylation sites is 1. The fourth-order valence-electron chi connectivity index (χ4n) is 3.34. The number of hydrogen-bond donors (Lipinski definition) is 2. The minimum absolute atomic E-state index is 0.0575. The molecule has 2 amide bonds. The van der Waals surface area contributed by atoms with Gasteiger partial charge in [0.05, 0.1) is 0 Å². The van der Waals surface area contributed by atoms with Crippen molar-refractivity contribution in [1.29, 1.82) is 0 Å². The van der Waals surface area contributed by atoms with Crippen LogP contribution >= 0.6 is 0 Å². The van der Waals surface area contributed by atoms with Gasteiger partial charge in [-0.2, -0.15) is 0 Å². The van der Waals surface area contributed by atoms with E-state index in [1.807, 2.05) is 31.2 Å². The number of hydrogen-bond acceptors (Lipinski definition) is 2. The molecule has 0 unspecified atom stereocenters. The average Bonchev–Trinajstić information content (AvgIpc) is 2.66. The van der Waals surface area contributed by atoms with Crippen LogP contribution in [-0.2, 0) is 9.59 Å². The van der Waals surface area contributed by atoms with Crippen LogP contribution in [0.4, 0.5) is 20.2 Å². The summed E-state index contributed by atoms with van der Waals surface area (Å²) in [6.45, 7) is 1.98. The molecule has 2 aromatic rings. The van der Waals surface area contributed by atoms with Crippen molar-refractivity contribution >= 4 is 23.2 Å². The van der Waals surface area contributed by atoms with Crippen LogP contribution in [-0.4, -0.2) is 11.8 Å². The molecule has 0 heterocycles. The summed E-state index contributed by atoms with van der Waals surface area (Å²) in [5.74, 6) is -2.58. The maximum Gasteiger partial charge on any atom is 0.227 e. The van der Waals surface area contributed by atoms with Gasteiger partial charge < -0.3 is 10.6 Å². The highest BCUT2D eigenvalue weighted by Crippen LogP contribution is 2.31. The van der Waals surface area contributed by atoms with E-state index in [9.17, 15) is 18.4 Å². The summed E-state index contributed by atoms with van der Waals surface area (Å²) in [6, 6.07) is 11.0. The van der Waals surface area contributed by atoms with Crippen LogP contribution in [0.15, 0.2) is 42.5 Å². The molecule has 0 saturated heterocycles. The molecule has 0 spiro atoms. The van der Waals surface area contributed by atoms with Crippen molar-refractivity contribution in [3.05, 3.63) is 59.7 Å². The van der Waals surface area contributed by atoms with Crippen LogP contribution in [0, 0.1) is 30.4 Å². The fraction of sp³-hybridized carbons (Fsp3) is 0.333. The maximum absolute atomic E-state index is 13.7. The lowest BCUT2D eigenvalue weighted by molar-refractivity contribution is -0.125. The molecule has 1 fully saturated rings. The first-order chi connectivity index (χ1) is 12.9. The van der Waals surface area contributed by atoms with Crippen LogP contribution in [0.1, 0.15) is 31.2 Å². The molecule has 1 saturated carbocycles. The number of benzene rings is 2. The summed E-state index contributed by atoms with van der Waals surface area (Å²) in [6.07, 6.45) is 2.15. The van der Waals surface area contributed by atoms with Gasteiger partial charge in [-0.3, -0.25) is 9.59 Å². The van der Waals surface area contributed by atoms with E-state index < -0.39 is 23.2 Å². The van der Waals surface area contributed by atoms with Crippen molar-refractivity contribution in [3.63, 3.8) is 0 Å². The minimum atomic E-state index is -0.797. The third-order valence-corrected chi connectivity index (χ3v) is 5.00. The Labute approximate surface area is 157 Å². The van der Waals surface area contributed by atoms with Crippen molar-refractivity contribution in [2.24, 2.45) is 11.8 Å². The molecule has 3 rings (SSSR count). The summed E-state index contributed by atoms with van der Waals surface area (Å²) < 4.78 is 27.3. The van der Waals surface area contributed by atoms with Gasteiger partial charge in [0.2, 0.25) is 11.8 Å². The van der Waals surface area contributed by atoms with Crippen molar-refractivity contribution in [2.75, 3.05) is 10.6 Å². The largest absolute Gasteiger partial charge is 0.326 e. The number of amides is 2. The fourth-order valence-corrected chi connectivity index (χ4v) is 3.34. The molecule has 4 nitrogen and oxygen atoms in total. The lowest BCUT2D eigenvalue weighted by Crippen LogP contribution is -2.32. The van der Waals surface area contributed by atoms with E-state index in [4.69, 9.17) is 0 Å². The second-order valence-corrected chi connectivity index (χ2v) is 6.99. The van der Waals surface area contributed by atoms with E-state index in [-0.39, 0.29) is 17.7 Å². The SMILES string of the molecule is Cc1ccc(NC(=O)C2CCC(C(=O)Nc3c(F)cccc3F)CC2)cc1. The zero-order valence-electron chi connectivity index (χ0n) is 15.1. The van der Waals surface area contributed by atoms with Gasteiger partial charge in [0.25, 0.3) is 0 Å². The van der Waals surface area contributed by atoms with E-state index in [1.54, 1.807) is 0 Å². The molecule has 0 atom stereocenters. The van der Waals surface area contributed by atoms with Gasteiger partial charge in [-0.25, -0.2) is 8.78 Å². The topological polar surface area (TPSA) is 58.2 Å². The molecule has 0 aliphatic heterocycles. The van der Waals surface area contributed by atoms with Gasteiger partial charge in [-0.1, -0.05) is 23.8 Å². The Bertz CT molecular complexity index is 808. The molecule has 0 aromatic heterocycles. The van der Waals surface area contributed by atoms with Crippen LogP contribution in [0.25, 0.3) is 0 Å². The second-order valence-electron chi connectivity index (χ2n) is 6.99. The Hall–Kier alpha value is -2.76. The lowest BCUT2D eigenvalue weighted by Gasteiger charge is -2.27. The van der Waals surface area contributed by atoms with Crippen LogP contribution in [0.3, 0.4) is 0 Å². The Morgan fingerprint density at radius 2 is 1.30 bits per heavy atom. The van der Waals surface area contributed by atoms with Crippen LogP contribution < -0.4 is 10.6 Å². The van der Waals surface area contributed by atoms with Gasteiger partial charge in [-0.05, 0) is 56.9 Å². The quantitative estimate of drug-likeness (QED) is 0.820. The van der Waals surface area contributed by atoms with Gasteiger partial charge in [-0.15, -0.1) is 0 Å². The van der Waals surface area contributed by atoms with Crippen molar-refractivity contribution in [1.82, 2.24) is 0 Å². The van der Waals surface area contributed by atoms with Crippen molar-refractivity contribution < 1.29 is 18.4 Å². The zero-order valence-corrected chi connectivity index (χ0v) is 15.1. The molecule has 1 aliphatic carbocycles. The van der Waals surface area contributed by atoms with Gasteiger partial charge >= 0.3 is 0 Å². The number of rotatable bonds is 4. The van der Waals surface area contributed by atoms with Gasteiger partial charge in [0.1, 0.15) is 17.3 Å². The Morgan fingerprint density at radius 3 is 1.81 bits per heavy atom. The highest BCUT2D eigenvalue weighted by atomic mass is 19.1. The smallest absolute Gasteiger partial charge is 0.227 e. The van der Waals surface area contributed by atoms with E-state index in [0.717, 1.165) is 23.4 Å². The number of nitrogens with one attached hydrogen (secondary N) is 2. The molecule has 2 N–H and O–H groups in total. The molecule has 142 valence electrons. The molecular weight excluding hydrogens is 350 g/mol. The predicted octanol–water partition coefficient (Wildman–Crippen LogP) is 4.66. The number of aryl methyl sites for hydroxylation is 1. The monoisotopic (exact) mass is 372 g/mol. The van der Waals surface area contributed by atoms with E-state index in [0.29, 0.717) is 25.7 Å². The Kier molecular flexibility index (Phi) is 5.84. The first-order valence-corrected chi connectivity index (χ1v) is 9.06. The lowest BCUT2D eigenvalue weighted by atomic mass is 9.81. The zero-order chi connectivity index (χ0) is 19.4. The van der Waals surface area contributed by atoms with Crippen LogP contribution in [0.5, 0.6) is 0 Å². The first-order valence-electron chi connectivity index (χ1n) is 9.06. The Morgan fingerprint density at radius 1 is 0.815 bits per heavy atom. The summed E-state index contributed by atoms with van der Waals surface area (Å²) in [5.41, 5.74) is 1.45. The summed E-state index contributed by atoms with van der Waals surface area (Å²) in [7, 11) is 0. The second kappa shape index (κ2) is 8.29. The standard InChI is InChI=1S/C21H22F2N2O2/c1-13-5-11-16(12-6-13)24-20(26)14-7-9-15(10-8-14)21(27)25-19-17(22)3-2-4-18(19)23/h2-6,11-12,14-15H,7-10H2,1H3,(H,24,26)(H,25,27). The average molecular weight is 372 g/mol. The number of halogens is 2. The molecule has 0 radical (unpaired) electrons. The van der Waals surface area contributed by atoms with Gasteiger partial charge in [0.15, 0.2) is 0 Å². The van der Waals surface area contributed by atoms with Crippen molar-refractivity contribution in [2.45, 2.75) is 32.6 Å². The highest BCUT2D eigenvalue weighted by Gasteiger charge is 2.30. The number of anilines is 2. The highest BCUT2D eigenvalue weighted by molar-refractivity contribution is 5.94. The normalized spacial score (nSPS) is 19.4. The molecular formula is C21H22F2N2O2. The Balaban J connectivity index is 1.53. The van der Waals surface area contributed by atoms with Crippen LogP contribution in [0.2, 0.25) is 0 Å². The van der Waals surface area contributed by atoms with E-state index >= 15 is 0 Å². The molecule has 6 heteroatoms. The van der Waals surface area contributed by atoms with E-state index in [1.165, 1.54) is 6.07 Å². The maximum atomic E-state index is 13.7. The van der Waals surface area contributed by atoms with Crippen molar-refractivity contribution in [3.8, 4) is 0 Å². The van der Waals surface area contributed by atoms with E-state index in [2.05, 4.69) is 10.6 Å². The summed E-state index contributed by atoms with van der Waals surface area (Å²) >= 11 is 0.